The fraction of sp³-hybridized carbons (Fsp3) is 0.457. The summed E-state index contributed by atoms with van der Waals surface area (Å²) in [7, 11) is -1.31. The number of rotatable bonds is 10. The number of pyridine rings is 1. The van der Waals surface area contributed by atoms with Crippen LogP contribution < -0.4 is 5.32 Å². The highest BCUT2D eigenvalue weighted by atomic mass is 35.5. The highest BCUT2D eigenvalue weighted by Gasteiger charge is 2.27. The van der Waals surface area contributed by atoms with Crippen molar-refractivity contribution in [1.29, 1.82) is 0 Å². The molecule has 2 aromatic heterocycles. The number of hydrogen-bond donors (Lipinski definition) is 1. The summed E-state index contributed by atoms with van der Waals surface area (Å²) in [6.45, 7) is 5.31. The van der Waals surface area contributed by atoms with Gasteiger partial charge in [-0.05, 0) is 106 Å². The molecule has 2 heterocycles. The van der Waals surface area contributed by atoms with Crippen molar-refractivity contribution in [2.75, 3.05) is 18.9 Å². The number of nitrogens with zero attached hydrogens (tertiary/aromatic N) is 4. The molecule has 4 aromatic rings. The van der Waals surface area contributed by atoms with Gasteiger partial charge in [0, 0.05) is 41.5 Å². The maximum Gasteiger partial charge on any atom is 0.223 e. The number of benzene rings is 2. The molecule has 9 heteroatoms. The normalized spacial score (nSPS) is 19.3. The first-order valence-corrected chi connectivity index (χ1v) is 17.9. The van der Waals surface area contributed by atoms with Crippen molar-refractivity contribution in [3.63, 3.8) is 0 Å². The zero-order chi connectivity index (χ0) is 30.8. The summed E-state index contributed by atoms with van der Waals surface area (Å²) in [4.78, 5) is 17.1. The SMILES string of the molecule is CCc1cc(-c2ccc(CS(=O)(=O)c3ccccc3Cl)nc2C)cc2cnc(NC3CCC(N(C)CC4CCC4)CC3)nc12. The Balaban J connectivity index is 1.15. The standard InChI is InChI=1S/C35H42ClN5O2S/c1-4-25-18-26(31-17-14-29(38-23(31)2)22-44(42,43)33-11-6-5-10-32(33)36)19-27-20-37-35(40-34(25)27)39-28-12-15-30(16-13-28)41(3)21-24-8-7-9-24/h5-6,10-11,14,17-20,24,28,30H,4,7-9,12-13,15-16,21-22H2,1-3H3,(H,37,39,40). The van der Waals surface area contributed by atoms with Crippen molar-refractivity contribution in [3.8, 4) is 11.1 Å². The van der Waals surface area contributed by atoms with Gasteiger partial charge in [-0.2, -0.15) is 0 Å². The average Bonchev–Trinajstić information content (AvgIpc) is 2.99. The van der Waals surface area contributed by atoms with E-state index in [1.54, 1.807) is 24.3 Å². The van der Waals surface area contributed by atoms with E-state index in [0.717, 1.165) is 58.5 Å². The van der Waals surface area contributed by atoms with Gasteiger partial charge >= 0.3 is 0 Å². The van der Waals surface area contributed by atoms with Gasteiger partial charge in [-0.25, -0.2) is 18.4 Å². The summed E-state index contributed by atoms with van der Waals surface area (Å²) < 4.78 is 26.0. The number of fused-ring (bicyclic) bond motifs is 1. The molecule has 7 nitrogen and oxygen atoms in total. The maximum atomic E-state index is 13.0. The highest BCUT2D eigenvalue weighted by Crippen LogP contribution is 2.32. The number of sulfone groups is 1. The Hall–Kier alpha value is -3.07. The number of halogens is 1. The Kier molecular flexibility index (Phi) is 9.22. The lowest BCUT2D eigenvalue weighted by Gasteiger charge is -2.38. The van der Waals surface area contributed by atoms with Crippen LogP contribution in [-0.2, 0) is 22.0 Å². The molecule has 0 bridgehead atoms. The molecule has 0 amide bonds. The topological polar surface area (TPSA) is 88.1 Å². The predicted octanol–water partition coefficient (Wildman–Crippen LogP) is 7.64. The van der Waals surface area contributed by atoms with Crippen LogP contribution in [0.25, 0.3) is 22.0 Å². The third-order valence-electron chi connectivity index (χ3n) is 9.53. The van der Waals surface area contributed by atoms with E-state index in [9.17, 15) is 8.42 Å². The monoisotopic (exact) mass is 631 g/mol. The molecule has 232 valence electrons. The van der Waals surface area contributed by atoms with Gasteiger partial charge in [0.15, 0.2) is 9.84 Å². The van der Waals surface area contributed by atoms with Gasteiger partial charge in [-0.1, -0.05) is 43.1 Å². The van der Waals surface area contributed by atoms with Gasteiger partial charge in [0.05, 0.1) is 26.9 Å². The van der Waals surface area contributed by atoms with Gasteiger partial charge in [-0.3, -0.25) is 4.98 Å². The maximum absolute atomic E-state index is 13.0. The second-order valence-corrected chi connectivity index (χ2v) is 15.0. The van der Waals surface area contributed by atoms with Gasteiger partial charge in [0.25, 0.3) is 0 Å². The first-order chi connectivity index (χ1) is 21.2. The predicted molar refractivity (Wildman–Crippen MR) is 179 cm³/mol. The summed E-state index contributed by atoms with van der Waals surface area (Å²) >= 11 is 6.17. The number of anilines is 1. The minimum Gasteiger partial charge on any atom is -0.351 e. The summed E-state index contributed by atoms with van der Waals surface area (Å²) in [6, 6.07) is 15.6. The Bertz CT molecular complexity index is 1750. The van der Waals surface area contributed by atoms with Crippen LogP contribution in [0, 0.1) is 12.8 Å². The molecule has 0 aliphatic heterocycles. The summed E-state index contributed by atoms with van der Waals surface area (Å²) in [5.74, 6) is 1.41. The molecular weight excluding hydrogens is 590 g/mol. The Morgan fingerprint density at radius 2 is 1.77 bits per heavy atom. The van der Waals surface area contributed by atoms with Crippen LogP contribution in [-0.4, -0.2) is 53.9 Å². The van der Waals surface area contributed by atoms with Gasteiger partial charge in [0.2, 0.25) is 5.95 Å². The summed E-state index contributed by atoms with van der Waals surface area (Å²) in [6.07, 6.45) is 11.7. The molecule has 6 rings (SSSR count). The summed E-state index contributed by atoms with van der Waals surface area (Å²) in [5, 5.41) is 4.84. The largest absolute Gasteiger partial charge is 0.351 e. The van der Waals surface area contributed by atoms with Crippen LogP contribution in [0.4, 0.5) is 5.95 Å². The van der Waals surface area contributed by atoms with Crippen LogP contribution in [0.5, 0.6) is 0 Å². The Labute approximate surface area is 266 Å². The number of aryl methyl sites for hydroxylation is 2. The number of aromatic nitrogens is 3. The van der Waals surface area contributed by atoms with E-state index < -0.39 is 9.84 Å². The van der Waals surface area contributed by atoms with Crippen LogP contribution in [0.3, 0.4) is 0 Å². The van der Waals surface area contributed by atoms with Crippen molar-refractivity contribution in [2.45, 2.75) is 87.9 Å². The Morgan fingerprint density at radius 1 is 1.00 bits per heavy atom. The van der Waals surface area contributed by atoms with Crippen molar-refractivity contribution >= 4 is 38.3 Å². The first-order valence-electron chi connectivity index (χ1n) is 15.9. The molecule has 0 unspecified atom stereocenters. The quantitative estimate of drug-likeness (QED) is 0.192. The third-order valence-corrected chi connectivity index (χ3v) is 11.7. The fourth-order valence-electron chi connectivity index (χ4n) is 6.76. The van der Waals surface area contributed by atoms with Crippen molar-refractivity contribution in [2.24, 2.45) is 5.92 Å². The minimum atomic E-state index is -3.62. The molecular formula is C35H42ClN5O2S. The molecule has 2 aliphatic carbocycles. The van der Waals surface area contributed by atoms with E-state index in [1.807, 2.05) is 19.2 Å². The molecule has 44 heavy (non-hydrogen) atoms. The third kappa shape index (κ3) is 6.77. The molecule has 0 spiro atoms. The van der Waals surface area contributed by atoms with Crippen LogP contribution in [0.15, 0.2) is 59.6 Å². The van der Waals surface area contributed by atoms with Gasteiger partial charge in [-0.15, -0.1) is 0 Å². The van der Waals surface area contributed by atoms with Crippen molar-refractivity contribution < 1.29 is 8.42 Å². The fourth-order valence-corrected chi connectivity index (χ4v) is 8.60. The van der Waals surface area contributed by atoms with Gasteiger partial charge < -0.3 is 10.2 Å². The van der Waals surface area contributed by atoms with E-state index in [0.29, 0.717) is 23.7 Å². The lowest BCUT2D eigenvalue weighted by Crippen LogP contribution is -2.41. The minimum absolute atomic E-state index is 0.126. The lowest BCUT2D eigenvalue weighted by molar-refractivity contribution is 0.133. The van der Waals surface area contributed by atoms with Crippen LogP contribution in [0.1, 0.15) is 68.8 Å². The highest BCUT2D eigenvalue weighted by molar-refractivity contribution is 7.90. The molecule has 0 atom stereocenters. The molecule has 2 saturated carbocycles. The second-order valence-electron chi connectivity index (χ2n) is 12.6. The number of hydrogen-bond acceptors (Lipinski definition) is 7. The molecule has 2 fully saturated rings. The van der Waals surface area contributed by atoms with E-state index >= 15 is 0 Å². The van der Waals surface area contributed by atoms with Crippen molar-refractivity contribution in [1.82, 2.24) is 19.9 Å². The molecule has 0 saturated heterocycles. The lowest BCUT2D eigenvalue weighted by atomic mass is 9.84. The van der Waals surface area contributed by atoms with Crippen molar-refractivity contribution in [3.05, 3.63) is 76.7 Å². The van der Waals surface area contributed by atoms with Gasteiger partial charge in [0.1, 0.15) is 0 Å². The van der Waals surface area contributed by atoms with Crippen LogP contribution >= 0.6 is 11.6 Å². The zero-order valence-electron chi connectivity index (χ0n) is 25.9. The first kappa shape index (κ1) is 30.9. The van der Waals surface area contributed by atoms with Crippen LogP contribution in [0.2, 0.25) is 5.02 Å². The average molecular weight is 632 g/mol. The van der Waals surface area contributed by atoms with E-state index in [-0.39, 0.29) is 15.7 Å². The second kappa shape index (κ2) is 13.1. The smallest absolute Gasteiger partial charge is 0.223 e. The Morgan fingerprint density at radius 3 is 2.45 bits per heavy atom. The van der Waals surface area contributed by atoms with E-state index in [2.05, 4.69) is 41.3 Å². The zero-order valence-corrected chi connectivity index (χ0v) is 27.5. The molecule has 2 aliphatic rings. The molecule has 2 aromatic carbocycles. The van der Waals surface area contributed by atoms with E-state index in [4.69, 9.17) is 21.6 Å². The van der Waals surface area contributed by atoms with E-state index in [1.165, 1.54) is 44.7 Å². The summed E-state index contributed by atoms with van der Waals surface area (Å²) in [5.41, 5.74) is 5.35. The molecule has 1 N–H and O–H groups in total. The number of nitrogens with one attached hydrogen (secondary N) is 1. The molecule has 0 radical (unpaired) electrons.